The first-order valence-corrected chi connectivity index (χ1v) is 9.51. The smallest absolute Gasteiger partial charge is 0.287 e. The molecule has 1 aromatic carbocycles. The fourth-order valence-corrected chi connectivity index (χ4v) is 3.34. The minimum atomic E-state index is -0.142. The number of carbonyl (C=O) groups excluding carboxylic acids is 1. The molecule has 140 valence electrons. The van der Waals surface area contributed by atoms with Crippen LogP contribution in [0.25, 0.3) is 0 Å². The van der Waals surface area contributed by atoms with Crippen LogP contribution in [-0.4, -0.2) is 48.9 Å². The Morgan fingerprint density at radius 1 is 1.12 bits per heavy atom. The lowest BCUT2D eigenvalue weighted by molar-refractivity contribution is 0.0899. The molecule has 1 fully saturated rings. The Kier molecular flexibility index (Phi) is 6.47. The second kappa shape index (κ2) is 9.01. The van der Waals surface area contributed by atoms with E-state index in [0.29, 0.717) is 5.76 Å². The van der Waals surface area contributed by atoms with Crippen molar-refractivity contribution in [2.45, 2.75) is 32.4 Å². The van der Waals surface area contributed by atoms with Gasteiger partial charge in [-0.05, 0) is 31.2 Å². The summed E-state index contributed by atoms with van der Waals surface area (Å²) >= 11 is 0. The maximum atomic E-state index is 12.6. The number of hydrogen-bond donors (Lipinski definition) is 1. The topological polar surface area (TPSA) is 48.7 Å². The molecule has 1 aliphatic rings. The Hall–Kier alpha value is -2.11. The molecule has 0 bridgehead atoms. The normalized spacial score (nSPS) is 17.2. The summed E-state index contributed by atoms with van der Waals surface area (Å²) in [5, 5.41) is 3.12. The van der Waals surface area contributed by atoms with Gasteiger partial charge in [-0.3, -0.25) is 9.69 Å². The van der Waals surface area contributed by atoms with Crippen molar-refractivity contribution >= 4 is 5.91 Å². The van der Waals surface area contributed by atoms with Crippen molar-refractivity contribution in [1.82, 2.24) is 15.1 Å². The van der Waals surface area contributed by atoms with Gasteiger partial charge in [0.25, 0.3) is 5.91 Å². The molecule has 1 amide bonds. The van der Waals surface area contributed by atoms with Crippen molar-refractivity contribution in [2.75, 3.05) is 33.2 Å². The van der Waals surface area contributed by atoms with Crippen LogP contribution >= 0.6 is 0 Å². The molecule has 1 aliphatic heterocycles. The molecule has 0 aliphatic carbocycles. The van der Waals surface area contributed by atoms with Gasteiger partial charge in [0.05, 0.1) is 12.6 Å². The minimum absolute atomic E-state index is 0.0138. The van der Waals surface area contributed by atoms with E-state index in [1.165, 1.54) is 0 Å². The monoisotopic (exact) mass is 355 g/mol. The zero-order valence-electron chi connectivity index (χ0n) is 15.8. The highest BCUT2D eigenvalue weighted by atomic mass is 16.4. The van der Waals surface area contributed by atoms with E-state index in [1.54, 1.807) is 6.07 Å². The van der Waals surface area contributed by atoms with Crippen LogP contribution in [0.4, 0.5) is 0 Å². The third-order valence-corrected chi connectivity index (χ3v) is 4.95. The number of hydrogen-bond acceptors (Lipinski definition) is 4. The summed E-state index contributed by atoms with van der Waals surface area (Å²) in [5.74, 6) is 1.11. The highest BCUT2D eigenvalue weighted by Gasteiger charge is 2.19. The molecule has 1 saturated heterocycles. The van der Waals surface area contributed by atoms with Crippen LogP contribution in [0.15, 0.2) is 46.9 Å². The summed E-state index contributed by atoms with van der Waals surface area (Å²) in [7, 11) is 2.14. The molecule has 5 heteroatoms. The van der Waals surface area contributed by atoms with E-state index in [0.717, 1.165) is 56.9 Å². The number of benzene rings is 1. The second-order valence-electron chi connectivity index (χ2n) is 7.07. The lowest BCUT2D eigenvalue weighted by Crippen LogP contribution is -2.43. The van der Waals surface area contributed by atoms with Gasteiger partial charge < -0.3 is 14.6 Å². The molecule has 5 nitrogen and oxygen atoms in total. The number of furan rings is 1. The van der Waals surface area contributed by atoms with Crippen LogP contribution in [0.3, 0.4) is 0 Å². The van der Waals surface area contributed by atoms with Crippen molar-refractivity contribution in [1.29, 1.82) is 0 Å². The van der Waals surface area contributed by atoms with Crippen molar-refractivity contribution in [3.05, 3.63) is 59.5 Å². The van der Waals surface area contributed by atoms with E-state index in [4.69, 9.17) is 4.42 Å². The lowest BCUT2D eigenvalue weighted by Gasteiger charge is -2.31. The molecule has 0 spiro atoms. The highest BCUT2D eigenvalue weighted by molar-refractivity contribution is 5.91. The molecule has 1 atom stereocenters. The molecule has 1 N–H and O–H groups in total. The first-order valence-electron chi connectivity index (χ1n) is 9.51. The van der Waals surface area contributed by atoms with Gasteiger partial charge in [0.2, 0.25) is 0 Å². The van der Waals surface area contributed by atoms with E-state index in [2.05, 4.69) is 41.2 Å². The Morgan fingerprint density at radius 2 is 1.85 bits per heavy atom. The molecule has 0 unspecified atom stereocenters. The number of likely N-dealkylation sites (N-methyl/N-ethyl adjacent to an activating group) is 1. The quantitative estimate of drug-likeness (QED) is 0.828. The van der Waals surface area contributed by atoms with Gasteiger partial charge in [0.1, 0.15) is 5.76 Å². The second-order valence-corrected chi connectivity index (χ2v) is 7.07. The van der Waals surface area contributed by atoms with E-state index in [1.807, 2.05) is 24.3 Å². The molecular formula is C21H29N3O2. The minimum Gasteiger partial charge on any atom is -0.455 e. The Bertz CT molecular complexity index is 690. The summed E-state index contributed by atoms with van der Waals surface area (Å²) in [6, 6.07) is 13.8. The Balaban J connectivity index is 1.60. The number of nitrogens with one attached hydrogen (secondary N) is 1. The Morgan fingerprint density at radius 3 is 2.54 bits per heavy atom. The van der Waals surface area contributed by atoms with Crippen LogP contribution in [0, 0.1) is 0 Å². The maximum absolute atomic E-state index is 12.6. The molecule has 2 heterocycles. The first kappa shape index (κ1) is 18.7. The van der Waals surface area contributed by atoms with Crippen LogP contribution in [-0.2, 0) is 6.54 Å². The van der Waals surface area contributed by atoms with Gasteiger partial charge in [0, 0.05) is 26.2 Å². The van der Waals surface area contributed by atoms with E-state index in [-0.39, 0.29) is 11.9 Å². The number of piperazine rings is 1. The average Bonchev–Trinajstić information content (AvgIpc) is 3.13. The van der Waals surface area contributed by atoms with Crippen LogP contribution < -0.4 is 5.32 Å². The highest BCUT2D eigenvalue weighted by Crippen LogP contribution is 2.20. The van der Waals surface area contributed by atoms with Gasteiger partial charge in [-0.15, -0.1) is 0 Å². The molecule has 1 aromatic heterocycles. The number of rotatable bonds is 7. The summed E-state index contributed by atoms with van der Waals surface area (Å²) in [6.45, 7) is 7.10. The zero-order chi connectivity index (χ0) is 18.4. The van der Waals surface area contributed by atoms with Crippen molar-refractivity contribution in [3.63, 3.8) is 0 Å². The summed E-state index contributed by atoms with van der Waals surface area (Å²) in [6.07, 6.45) is 1.91. The van der Waals surface area contributed by atoms with Crippen LogP contribution in [0.2, 0.25) is 0 Å². The summed E-state index contributed by atoms with van der Waals surface area (Å²) in [4.78, 5) is 17.3. The Labute approximate surface area is 156 Å². The molecule has 26 heavy (non-hydrogen) atoms. The number of amides is 1. The standard InChI is InChI=1S/C21H29N3O2/c1-3-7-19(17-8-5-4-6-9-17)22-21(25)20-11-10-18(26-20)16-24-14-12-23(2)13-15-24/h4-6,8-11,19H,3,7,12-16H2,1-2H3,(H,22,25)/t19-/m0/s1. The lowest BCUT2D eigenvalue weighted by atomic mass is 10.0. The van der Waals surface area contributed by atoms with Crippen molar-refractivity contribution in [2.24, 2.45) is 0 Å². The number of nitrogens with zero attached hydrogens (tertiary/aromatic N) is 2. The first-order chi connectivity index (χ1) is 12.7. The SMILES string of the molecule is CCC[C@H](NC(=O)c1ccc(CN2CCN(C)CC2)o1)c1ccccc1. The number of carbonyl (C=O) groups is 1. The van der Waals surface area contributed by atoms with Crippen molar-refractivity contribution < 1.29 is 9.21 Å². The zero-order valence-corrected chi connectivity index (χ0v) is 15.8. The van der Waals surface area contributed by atoms with Crippen molar-refractivity contribution in [3.8, 4) is 0 Å². The van der Waals surface area contributed by atoms with Gasteiger partial charge in [0.15, 0.2) is 5.76 Å². The molecule has 0 saturated carbocycles. The summed E-state index contributed by atoms with van der Waals surface area (Å²) < 4.78 is 5.82. The summed E-state index contributed by atoms with van der Waals surface area (Å²) in [5.41, 5.74) is 1.13. The third kappa shape index (κ3) is 4.96. The maximum Gasteiger partial charge on any atom is 0.287 e. The fourth-order valence-electron chi connectivity index (χ4n) is 3.34. The average molecular weight is 355 g/mol. The van der Waals surface area contributed by atoms with Gasteiger partial charge >= 0.3 is 0 Å². The van der Waals surface area contributed by atoms with Gasteiger partial charge in [-0.25, -0.2) is 0 Å². The predicted molar refractivity (Wildman–Crippen MR) is 103 cm³/mol. The predicted octanol–water partition coefficient (Wildman–Crippen LogP) is 3.30. The van der Waals surface area contributed by atoms with E-state index >= 15 is 0 Å². The molecular weight excluding hydrogens is 326 g/mol. The fraction of sp³-hybridized carbons (Fsp3) is 0.476. The van der Waals surface area contributed by atoms with Crippen LogP contribution in [0.5, 0.6) is 0 Å². The van der Waals surface area contributed by atoms with Gasteiger partial charge in [-0.1, -0.05) is 43.7 Å². The van der Waals surface area contributed by atoms with E-state index < -0.39 is 0 Å². The van der Waals surface area contributed by atoms with Gasteiger partial charge in [-0.2, -0.15) is 0 Å². The molecule has 3 rings (SSSR count). The third-order valence-electron chi connectivity index (χ3n) is 4.95. The molecule has 0 radical (unpaired) electrons. The van der Waals surface area contributed by atoms with E-state index in [9.17, 15) is 4.79 Å². The molecule has 2 aromatic rings. The van der Waals surface area contributed by atoms with Crippen LogP contribution in [0.1, 0.15) is 47.7 Å². The largest absolute Gasteiger partial charge is 0.455 e.